The molecular formula is C22H12BrCl5FN3O3. The molecule has 0 unspecified atom stereocenters. The van der Waals surface area contributed by atoms with Crippen LogP contribution in [0.4, 0.5) is 10.2 Å². The van der Waals surface area contributed by atoms with Crippen LogP contribution in [0.15, 0.2) is 51.5 Å². The second kappa shape index (κ2) is 11.0. The molecule has 0 saturated carbocycles. The monoisotopic (exact) mass is 639 g/mol. The lowest BCUT2D eigenvalue weighted by Gasteiger charge is -2.12. The summed E-state index contributed by atoms with van der Waals surface area (Å²) in [6, 6.07) is 9.37. The summed E-state index contributed by atoms with van der Waals surface area (Å²) in [5, 5.41) is 6.90. The molecule has 6 nitrogen and oxygen atoms in total. The fourth-order valence-corrected chi connectivity index (χ4v) is 4.61. The number of halogens is 7. The quantitative estimate of drug-likeness (QED) is 0.162. The van der Waals surface area contributed by atoms with Crippen molar-refractivity contribution in [3.63, 3.8) is 0 Å². The molecule has 0 radical (unpaired) electrons. The maximum atomic E-state index is 13.9. The molecule has 0 aliphatic rings. The Morgan fingerprint density at radius 1 is 1.03 bits per heavy atom. The molecule has 1 N–H and O–H groups in total. The van der Waals surface area contributed by atoms with Gasteiger partial charge in [-0.05, 0) is 34.1 Å². The summed E-state index contributed by atoms with van der Waals surface area (Å²) in [4.78, 5) is 12.6. The Hall–Kier alpha value is -1.94. The number of benzene rings is 2. The van der Waals surface area contributed by atoms with Gasteiger partial charge in [0, 0.05) is 11.8 Å². The van der Waals surface area contributed by atoms with Gasteiger partial charge in [-0.15, -0.1) is 0 Å². The lowest BCUT2D eigenvalue weighted by atomic mass is 10.2. The Bertz CT molecular complexity index is 1400. The maximum absolute atomic E-state index is 13.9. The Balaban J connectivity index is 1.42. The Morgan fingerprint density at radius 2 is 1.69 bits per heavy atom. The molecule has 0 bridgehead atoms. The topological polar surface area (TPSA) is 69.3 Å². The van der Waals surface area contributed by atoms with Crippen LogP contribution in [0.3, 0.4) is 0 Å². The predicted molar refractivity (Wildman–Crippen MR) is 138 cm³/mol. The average molecular weight is 643 g/mol. The molecule has 182 valence electrons. The summed E-state index contributed by atoms with van der Waals surface area (Å²) in [5.41, 5.74) is 0.458. The van der Waals surface area contributed by atoms with Crippen LogP contribution in [0.1, 0.15) is 21.9 Å². The van der Waals surface area contributed by atoms with Crippen molar-refractivity contribution in [2.45, 2.75) is 13.2 Å². The predicted octanol–water partition coefficient (Wildman–Crippen LogP) is 8.52. The van der Waals surface area contributed by atoms with Crippen LogP contribution in [0, 0.1) is 5.82 Å². The van der Waals surface area contributed by atoms with Crippen LogP contribution < -0.4 is 10.1 Å². The van der Waals surface area contributed by atoms with E-state index in [-0.39, 0.29) is 61.4 Å². The molecular weight excluding hydrogens is 630 g/mol. The van der Waals surface area contributed by atoms with Crippen LogP contribution in [0.25, 0.3) is 0 Å². The molecule has 0 spiro atoms. The Kier molecular flexibility index (Phi) is 8.20. The van der Waals surface area contributed by atoms with Crippen LogP contribution >= 0.6 is 73.9 Å². The molecule has 0 fully saturated rings. The van der Waals surface area contributed by atoms with Crippen molar-refractivity contribution in [3.8, 4) is 5.75 Å². The molecule has 0 aliphatic heterocycles. The molecule has 1 amide bonds. The zero-order valence-electron chi connectivity index (χ0n) is 17.2. The number of rotatable bonds is 7. The first-order chi connectivity index (χ1) is 16.7. The lowest BCUT2D eigenvalue weighted by molar-refractivity contribution is 0.0992. The number of furan rings is 1. The highest BCUT2D eigenvalue weighted by Crippen LogP contribution is 2.48. The second-order valence-electron chi connectivity index (χ2n) is 7.02. The van der Waals surface area contributed by atoms with Gasteiger partial charge in [0.05, 0.1) is 26.1 Å². The zero-order chi connectivity index (χ0) is 25.3. The molecule has 0 atom stereocenters. The maximum Gasteiger partial charge on any atom is 0.292 e. The van der Waals surface area contributed by atoms with Crippen molar-refractivity contribution in [1.29, 1.82) is 0 Å². The summed E-state index contributed by atoms with van der Waals surface area (Å²) in [6.07, 6.45) is 1.62. The van der Waals surface area contributed by atoms with Crippen molar-refractivity contribution in [2.75, 3.05) is 5.32 Å². The van der Waals surface area contributed by atoms with E-state index in [1.807, 2.05) is 0 Å². The third-order valence-corrected chi connectivity index (χ3v) is 7.48. The summed E-state index contributed by atoms with van der Waals surface area (Å²) >= 11 is 33.7. The van der Waals surface area contributed by atoms with Crippen molar-refractivity contribution < 1.29 is 18.3 Å². The highest BCUT2D eigenvalue weighted by molar-refractivity contribution is 9.10. The number of nitrogens with zero attached hydrogens (tertiary/aromatic N) is 2. The first-order valence-electron chi connectivity index (χ1n) is 9.66. The molecule has 2 aromatic heterocycles. The number of ether oxygens (including phenoxy) is 1. The number of hydrogen-bond acceptors (Lipinski definition) is 4. The smallest absolute Gasteiger partial charge is 0.292 e. The van der Waals surface area contributed by atoms with Gasteiger partial charge in [0.1, 0.15) is 28.2 Å². The van der Waals surface area contributed by atoms with Crippen molar-refractivity contribution in [3.05, 3.63) is 95.1 Å². The van der Waals surface area contributed by atoms with E-state index < -0.39 is 5.91 Å². The van der Waals surface area contributed by atoms with E-state index >= 15 is 0 Å². The van der Waals surface area contributed by atoms with E-state index in [1.165, 1.54) is 16.8 Å². The average Bonchev–Trinajstić information content (AvgIpc) is 3.44. The minimum atomic E-state index is -0.554. The first kappa shape index (κ1) is 26.1. The lowest BCUT2D eigenvalue weighted by Crippen LogP contribution is -2.12. The number of nitrogens with one attached hydrogen (secondary N) is 1. The normalized spacial score (nSPS) is 11.1. The van der Waals surface area contributed by atoms with Crippen molar-refractivity contribution >= 4 is 85.7 Å². The van der Waals surface area contributed by atoms with Gasteiger partial charge >= 0.3 is 0 Å². The largest absolute Gasteiger partial charge is 0.482 e. The molecule has 2 heterocycles. The Morgan fingerprint density at radius 3 is 2.37 bits per heavy atom. The highest BCUT2D eigenvalue weighted by Gasteiger charge is 2.21. The number of anilines is 1. The van der Waals surface area contributed by atoms with Gasteiger partial charge in [-0.25, -0.2) is 4.39 Å². The fourth-order valence-electron chi connectivity index (χ4n) is 2.97. The van der Waals surface area contributed by atoms with Crippen molar-refractivity contribution in [1.82, 2.24) is 9.78 Å². The number of amides is 1. The minimum absolute atomic E-state index is 0.00254. The molecule has 0 saturated heterocycles. The van der Waals surface area contributed by atoms with E-state index in [9.17, 15) is 9.18 Å². The van der Waals surface area contributed by atoms with Crippen molar-refractivity contribution in [2.24, 2.45) is 0 Å². The van der Waals surface area contributed by atoms with E-state index in [1.54, 1.807) is 30.5 Å². The van der Waals surface area contributed by atoms with Gasteiger partial charge in [0.2, 0.25) is 0 Å². The van der Waals surface area contributed by atoms with Crippen LogP contribution in [-0.2, 0) is 13.2 Å². The van der Waals surface area contributed by atoms with Gasteiger partial charge < -0.3 is 14.5 Å². The van der Waals surface area contributed by atoms with Crippen LogP contribution in [0.2, 0.25) is 25.1 Å². The molecule has 2 aromatic carbocycles. The van der Waals surface area contributed by atoms with E-state index in [0.717, 1.165) is 0 Å². The van der Waals surface area contributed by atoms with Gasteiger partial charge in [-0.3, -0.25) is 9.48 Å². The van der Waals surface area contributed by atoms with E-state index in [4.69, 9.17) is 67.2 Å². The zero-order valence-corrected chi connectivity index (χ0v) is 22.6. The number of hydrogen-bond donors (Lipinski definition) is 1. The first-order valence-corrected chi connectivity index (χ1v) is 12.3. The van der Waals surface area contributed by atoms with Gasteiger partial charge in [0.25, 0.3) is 5.91 Å². The summed E-state index contributed by atoms with van der Waals surface area (Å²) in [5.74, 6) is -0.330. The van der Waals surface area contributed by atoms with E-state index in [2.05, 4.69) is 26.3 Å². The SMILES string of the molecule is O=C(Nc1nn(Cc2ccccc2F)cc1Br)c1ccc(COc2c(Cl)c(Cl)c(Cl)c(Cl)c2Cl)o1. The molecule has 0 aliphatic carbocycles. The Labute approximate surface area is 231 Å². The number of aromatic nitrogens is 2. The summed E-state index contributed by atoms with van der Waals surface area (Å²) < 4.78 is 27.1. The molecule has 4 rings (SSSR count). The summed E-state index contributed by atoms with van der Waals surface area (Å²) in [7, 11) is 0. The third kappa shape index (κ3) is 5.74. The van der Waals surface area contributed by atoms with Gasteiger partial charge in [-0.1, -0.05) is 76.2 Å². The summed E-state index contributed by atoms with van der Waals surface area (Å²) in [6.45, 7) is 0.0647. The molecule has 13 heteroatoms. The highest BCUT2D eigenvalue weighted by atomic mass is 79.9. The third-order valence-electron chi connectivity index (χ3n) is 4.65. The van der Waals surface area contributed by atoms with Gasteiger partial charge in [-0.2, -0.15) is 5.10 Å². The standard InChI is InChI=1S/C22H12BrCl5FN3O3/c23-12-8-32(7-10-3-1-2-4-13(10)29)31-21(12)30-22(33)14-6-5-11(35-14)9-34-20-18(27)16(25)15(24)17(26)19(20)28/h1-6,8H,7,9H2,(H,30,31,33). The van der Waals surface area contributed by atoms with Crippen LogP contribution in [0.5, 0.6) is 5.75 Å². The number of carbonyl (C=O) groups excluding carboxylic acids is 1. The van der Waals surface area contributed by atoms with Crippen LogP contribution in [-0.4, -0.2) is 15.7 Å². The molecule has 35 heavy (non-hydrogen) atoms. The minimum Gasteiger partial charge on any atom is -0.482 e. The second-order valence-corrected chi connectivity index (χ2v) is 9.77. The van der Waals surface area contributed by atoms with Gasteiger partial charge in [0.15, 0.2) is 17.3 Å². The molecule has 4 aromatic rings. The fraction of sp³-hybridized carbons (Fsp3) is 0.0909. The number of carbonyl (C=O) groups is 1. The van der Waals surface area contributed by atoms with E-state index in [0.29, 0.717) is 15.8 Å².